The first kappa shape index (κ1) is 8.72. The van der Waals surface area contributed by atoms with Crippen molar-refractivity contribution in [1.82, 2.24) is 0 Å². The molecule has 0 amide bonds. The summed E-state index contributed by atoms with van der Waals surface area (Å²) in [4.78, 5) is 11.2. The monoisotopic (exact) mass is 156 g/mol. The first-order valence-electron chi connectivity index (χ1n) is 4.37. The predicted octanol–water partition coefficient (Wildman–Crippen LogP) is 1.37. The third-order valence-corrected chi connectivity index (χ3v) is 2.54. The highest BCUT2D eigenvalue weighted by Gasteiger charge is 2.22. The van der Waals surface area contributed by atoms with Gasteiger partial charge in [0.05, 0.1) is 6.61 Å². The van der Waals surface area contributed by atoms with Crippen LogP contribution >= 0.6 is 0 Å². The SMILES string of the molecule is CC(CO)C(=O)CC1CCC1. The summed E-state index contributed by atoms with van der Waals surface area (Å²) in [7, 11) is 0. The van der Waals surface area contributed by atoms with E-state index in [0.29, 0.717) is 12.3 Å². The smallest absolute Gasteiger partial charge is 0.138 e. The van der Waals surface area contributed by atoms with Gasteiger partial charge >= 0.3 is 0 Å². The number of ketones is 1. The Hall–Kier alpha value is -0.370. The van der Waals surface area contributed by atoms with Gasteiger partial charge in [0.25, 0.3) is 0 Å². The second-order valence-electron chi connectivity index (χ2n) is 3.55. The first-order valence-corrected chi connectivity index (χ1v) is 4.37. The molecule has 1 fully saturated rings. The van der Waals surface area contributed by atoms with Crippen molar-refractivity contribution in [3.8, 4) is 0 Å². The molecule has 2 nitrogen and oxygen atoms in total. The van der Waals surface area contributed by atoms with Crippen LogP contribution in [0.15, 0.2) is 0 Å². The lowest BCUT2D eigenvalue weighted by Gasteiger charge is -2.25. The molecule has 11 heavy (non-hydrogen) atoms. The maximum atomic E-state index is 11.2. The van der Waals surface area contributed by atoms with Crippen molar-refractivity contribution >= 4 is 5.78 Å². The number of hydrogen-bond donors (Lipinski definition) is 1. The minimum absolute atomic E-state index is 0.00551. The summed E-state index contributed by atoms with van der Waals surface area (Å²) in [6, 6.07) is 0. The topological polar surface area (TPSA) is 37.3 Å². The van der Waals surface area contributed by atoms with E-state index in [9.17, 15) is 4.79 Å². The van der Waals surface area contributed by atoms with Crippen molar-refractivity contribution in [3.63, 3.8) is 0 Å². The third kappa shape index (κ3) is 2.29. The molecule has 64 valence electrons. The van der Waals surface area contributed by atoms with E-state index < -0.39 is 0 Å². The third-order valence-electron chi connectivity index (χ3n) is 2.54. The number of aliphatic hydroxyl groups is 1. The molecule has 0 aromatic carbocycles. The number of carbonyl (C=O) groups is 1. The van der Waals surface area contributed by atoms with E-state index in [1.807, 2.05) is 0 Å². The van der Waals surface area contributed by atoms with Crippen LogP contribution < -0.4 is 0 Å². The Labute approximate surface area is 67.6 Å². The normalized spacial score (nSPS) is 20.9. The van der Waals surface area contributed by atoms with E-state index in [4.69, 9.17) is 5.11 Å². The van der Waals surface area contributed by atoms with Crippen LogP contribution in [-0.2, 0) is 4.79 Å². The largest absolute Gasteiger partial charge is 0.396 e. The van der Waals surface area contributed by atoms with Crippen LogP contribution in [0.25, 0.3) is 0 Å². The van der Waals surface area contributed by atoms with E-state index in [-0.39, 0.29) is 18.3 Å². The summed E-state index contributed by atoms with van der Waals surface area (Å²) in [5.41, 5.74) is 0. The first-order chi connectivity index (χ1) is 5.24. The Balaban J connectivity index is 2.19. The minimum Gasteiger partial charge on any atom is -0.396 e. The highest BCUT2D eigenvalue weighted by atomic mass is 16.3. The molecule has 1 saturated carbocycles. The maximum Gasteiger partial charge on any atom is 0.138 e. The van der Waals surface area contributed by atoms with Gasteiger partial charge in [0.15, 0.2) is 0 Å². The van der Waals surface area contributed by atoms with Gasteiger partial charge in [0, 0.05) is 12.3 Å². The van der Waals surface area contributed by atoms with Crippen LogP contribution in [0.4, 0.5) is 0 Å². The Kier molecular flexibility index (Phi) is 3.06. The van der Waals surface area contributed by atoms with Gasteiger partial charge in [-0.2, -0.15) is 0 Å². The number of carbonyl (C=O) groups excluding carboxylic acids is 1. The van der Waals surface area contributed by atoms with E-state index in [1.165, 1.54) is 19.3 Å². The van der Waals surface area contributed by atoms with E-state index in [1.54, 1.807) is 6.92 Å². The molecule has 0 bridgehead atoms. The molecule has 0 radical (unpaired) electrons. The highest BCUT2D eigenvalue weighted by molar-refractivity contribution is 5.81. The van der Waals surface area contributed by atoms with Crippen LogP contribution in [0.1, 0.15) is 32.6 Å². The van der Waals surface area contributed by atoms with Crippen LogP contribution in [-0.4, -0.2) is 17.5 Å². The van der Waals surface area contributed by atoms with Gasteiger partial charge in [-0.25, -0.2) is 0 Å². The summed E-state index contributed by atoms with van der Waals surface area (Å²) in [5.74, 6) is 0.726. The van der Waals surface area contributed by atoms with Gasteiger partial charge in [-0.05, 0) is 5.92 Å². The number of rotatable bonds is 4. The summed E-state index contributed by atoms with van der Waals surface area (Å²) >= 11 is 0. The summed E-state index contributed by atoms with van der Waals surface area (Å²) < 4.78 is 0. The van der Waals surface area contributed by atoms with E-state index in [0.717, 1.165) is 0 Å². The van der Waals surface area contributed by atoms with Crippen molar-refractivity contribution in [2.75, 3.05) is 6.61 Å². The fourth-order valence-electron chi connectivity index (χ4n) is 1.28. The molecular formula is C9H16O2. The molecule has 1 unspecified atom stereocenters. The lowest BCUT2D eigenvalue weighted by molar-refractivity contribution is -0.124. The van der Waals surface area contributed by atoms with Gasteiger partial charge in [-0.1, -0.05) is 26.2 Å². The second-order valence-corrected chi connectivity index (χ2v) is 3.55. The van der Waals surface area contributed by atoms with Crippen LogP contribution in [0.3, 0.4) is 0 Å². The predicted molar refractivity (Wildman–Crippen MR) is 43.2 cm³/mol. The van der Waals surface area contributed by atoms with E-state index >= 15 is 0 Å². The summed E-state index contributed by atoms with van der Waals surface area (Å²) in [6.45, 7) is 1.80. The standard InChI is InChI=1S/C9H16O2/c1-7(6-10)9(11)5-8-3-2-4-8/h7-8,10H,2-6H2,1H3. The molecule has 1 atom stereocenters. The zero-order chi connectivity index (χ0) is 8.27. The summed E-state index contributed by atoms with van der Waals surface area (Å²) in [6.07, 6.45) is 4.40. The second kappa shape index (κ2) is 3.86. The maximum absolute atomic E-state index is 11.2. The van der Waals surface area contributed by atoms with Gasteiger partial charge in [0.1, 0.15) is 5.78 Å². The minimum atomic E-state index is -0.143. The molecular weight excluding hydrogens is 140 g/mol. The van der Waals surface area contributed by atoms with Crippen LogP contribution in [0, 0.1) is 11.8 Å². The fraction of sp³-hybridized carbons (Fsp3) is 0.889. The molecule has 0 saturated heterocycles. The fourth-order valence-corrected chi connectivity index (χ4v) is 1.28. The molecule has 0 spiro atoms. The zero-order valence-electron chi connectivity index (χ0n) is 7.05. The average molecular weight is 156 g/mol. The lowest BCUT2D eigenvalue weighted by atomic mass is 9.80. The zero-order valence-corrected chi connectivity index (χ0v) is 7.05. The Bertz CT molecular complexity index is 138. The van der Waals surface area contributed by atoms with Gasteiger partial charge in [0.2, 0.25) is 0 Å². The van der Waals surface area contributed by atoms with Crippen LogP contribution in [0.5, 0.6) is 0 Å². The van der Waals surface area contributed by atoms with Crippen LogP contribution in [0.2, 0.25) is 0 Å². The van der Waals surface area contributed by atoms with Crippen molar-refractivity contribution in [3.05, 3.63) is 0 Å². The van der Waals surface area contributed by atoms with Gasteiger partial charge < -0.3 is 5.11 Å². The molecule has 0 aromatic heterocycles. The van der Waals surface area contributed by atoms with Crippen molar-refractivity contribution in [2.45, 2.75) is 32.6 Å². The Morgan fingerprint density at radius 2 is 2.27 bits per heavy atom. The Morgan fingerprint density at radius 1 is 1.64 bits per heavy atom. The number of hydrogen-bond acceptors (Lipinski definition) is 2. The molecule has 1 aliphatic rings. The molecule has 1 N–H and O–H groups in total. The summed E-state index contributed by atoms with van der Waals surface area (Å²) in [5, 5.41) is 8.69. The molecule has 1 aliphatic carbocycles. The molecule has 0 aromatic rings. The van der Waals surface area contributed by atoms with Crippen molar-refractivity contribution in [1.29, 1.82) is 0 Å². The van der Waals surface area contributed by atoms with Crippen molar-refractivity contribution in [2.24, 2.45) is 11.8 Å². The molecule has 1 rings (SSSR count). The molecule has 2 heteroatoms. The number of Topliss-reactive ketones (excluding diaryl/α,β-unsaturated/α-hetero) is 1. The Morgan fingerprint density at radius 3 is 2.64 bits per heavy atom. The van der Waals surface area contributed by atoms with E-state index in [2.05, 4.69) is 0 Å². The average Bonchev–Trinajstić information content (AvgIpc) is 1.94. The lowest BCUT2D eigenvalue weighted by Crippen LogP contribution is -2.21. The van der Waals surface area contributed by atoms with Gasteiger partial charge in [-0.15, -0.1) is 0 Å². The van der Waals surface area contributed by atoms with Crippen molar-refractivity contribution < 1.29 is 9.90 Å². The quantitative estimate of drug-likeness (QED) is 0.667. The van der Waals surface area contributed by atoms with Gasteiger partial charge in [-0.3, -0.25) is 4.79 Å². The molecule has 0 aliphatic heterocycles. The number of aliphatic hydroxyl groups excluding tert-OH is 1. The highest BCUT2D eigenvalue weighted by Crippen LogP contribution is 2.30. The molecule has 0 heterocycles.